The van der Waals surface area contributed by atoms with E-state index in [1.54, 1.807) is 41.3 Å². The van der Waals surface area contributed by atoms with Gasteiger partial charge in [0.25, 0.3) is 10.0 Å². The first-order valence-electron chi connectivity index (χ1n) is 10.2. The van der Waals surface area contributed by atoms with E-state index in [9.17, 15) is 23.5 Å². The molecule has 0 aliphatic rings. The molecular weight excluding hydrogens is 450 g/mol. The van der Waals surface area contributed by atoms with Gasteiger partial charge in [0.1, 0.15) is 17.3 Å². The second-order valence-electron chi connectivity index (χ2n) is 7.47. The average Bonchev–Trinajstić information content (AvgIpc) is 3.06. The molecule has 0 fully saturated rings. The van der Waals surface area contributed by atoms with E-state index in [1.165, 1.54) is 6.07 Å². The number of nitrogens with one attached hydrogen (secondary N) is 1. The number of anilines is 1. The highest BCUT2D eigenvalue weighted by Crippen LogP contribution is 2.28. The fraction of sp³-hybridized carbons (Fsp3) is 0.318. The van der Waals surface area contributed by atoms with E-state index in [-0.39, 0.29) is 42.1 Å². The first-order chi connectivity index (χ1) is 15.6. The van der Waals surface area contributed by atoms with Gasteiger partial charge in [0.05, 0.1) is 25.3 Å². The van der Waals surface area contributed by atoms with Crippen LogP contribution in [0.5, 0.6) is 5.75 Å². The molecule has 0 aliphatic heterocycles. The van der Waals surface area contributed by atoms with Gasteiger partial charge in [-0.05, 0) is 36.8 Å². The number of para-hydroxylation sites is 1. The second-order valence-corrected chi connectivity index (χ2v) is 9.39. The van der Waals surface area contributed by atoms with E-state index >= 15 is 0 Å². The third-order valence-electron chi connectivity index (χ3n) is 5.25. The minimum absolute atomic E-state index is 0.0759. The Kier molecular flexibility index (Phi) is 7.59. The van der Waals surface area contributed by atoms with Crippen LogP contribution in [0.3, 0.4) is 0 Å². The van der Waals surface area contributed by atoms with E-state index in [4.69, 9.17) is 9.84 Å². The highest BCUT2D eigenvalue weighted by molar-refractivity contribution is 7.89. The van der Waals surface area contributed by atoms with Crippen molar-refractivity contribution >= 4 is 32.6 Å². The monoisotopic (exact) mass is 477 g/mol. The number of nitrogens with zero attached hydrogens (tertiary/aromatic N) is 2. The Hall–Kier alpha value is -3.12. The largest absolute Gasteiger partial charge is 0.492 e. The van der Waals surface area contributed by atoms with Crippen LogP contribution < -0.4 is 9.64 Å². The predicted molar refractivity (Wildman–Crippen MR) is 122 cm³/mol. The third-order valence-corrected chi connectivity index (χ3v) is 6.85. The molecule has 0 saturated carbocycles. The molecule has 10 nitrogen and oxygen atoms in total. The minimum Gasteiger partial charge on any atom is -0.492 e. The Morgan fingerprint density at radius 3 is 2.55 bits per heavy atom. The molecule has 0 atom stereocenters. The first kappa shape index (κ1) is 24.5. The van der Waals surface area contributed by atoms with Crippen LogP contribution in [0.4, 0.5) is 5.69 Å². The molecule has 178 valence electrons. The van der Waals surface area contributed by atoms with Crippen molar-refractivity contribution in [2.75, 3.05) is 38.3 Å². The van der Waals surface area contributed by atoms with Gasteiger partial charge in [-0.2, -0.15) is 0 Å². The van der Waals surface area contributed by atoms with Crippen molar-refractivity contribution in [3.05, 3.63) is 53.7 Å². The maximum Gasteiger partial charge on any atom is 0.307 e. The smallest absolute Gasteiger partial charge is 0.307 e. The normalized spacial score (nSPS) is 11.8. The van der Waals surface area contributed by atoms with Gasteiger partial charge >= 0.3 is 5.97 Å². The molecule has 1 heterocycles. The van der Waals surface area contributed by atoms with E-state index < -0.39 is 16.0 Å². The molecule has 33 heavy (non-hydrogen) atoms. The van der Waals surface area contributed by atoms with Crippen molar-refractivity contribution in [1.82, 2.24) is 9.45 Å². The number of aliphatic hydroxyl groups is 1. The van der Waals surface area contributed by atoms with E-state index in [2.05, 4.69) is 4.98 Å². The summed E-state index contributed by atoms with van der Waals surface area (Å²) in [5.74, 6) is -0.344. The molecule has 0 spiro atoms. The van der Waals surface area contributed by atoms with Gasteiger partial charge in [-0.3, -0.25) is 10.0 Å². The van der Waals surface area contributed by atoms with Gasteiger partial charge in [0, 0.05) is 36.3 Å². The number of aliphatic carboxylic acids is 1. The number of H-pyrrole nitrogens is 1. The van der Waals surface area contributed by atoms with Crippen LogP contribution >= 0.6 is 0 Å². The third kappa shape index (κ3) is 5.45. The van der Waals surface area contributed by atoms with Gasteiger partial charge < -0.3 is 24.8 Å². The molecule has 1 aromatic heterocycles. The molecule has 4 N–H and O–H groups in total. The second kappa shape index (κ2) is 10.2. The fourth-order valence-corrected chi connectivity index (χ4v) is 4.66. The van der Waals surface area contributed by atoms with Crippen molar-refractivity contribution in [3.63, 3.8) is 0 Å². The molecular formula is C22H27N3O7S. The van der Waals surface area contributed by atoms with Gasteiger partial charge in [0.15, 0.2) is 0 Å². The predicted octanol–water partition coefficient (Wildman–Crippen LogP) is 1.99. The zero-order valence-electron chi connectivity index (χ0n) is 18.4. The number of rotatable bonds is 11. The molecule has 0 radical (unpaired) electrons. The number of hydroxylamine groups is 1. The first-order valence-corrected chi connectivity index (χ1v) is 11.7. The van der Waals surface area contributed by atoms with Crippen LogP contribution in [0.1, 0.15) is 11.3 Å². The highest BCUT2D eigenvalue weighted by atomic mass is 32.2. The lowest BCUT2D eigenvalue weighted by atomic mass is 10.1. The van der Waals surface area contributed by atoms with Crippen molar-refractivity contribution in [2.24, 2.45) is 0 Å². The van der Waals surface area contributed by atoms with Crippen molar-refractivity contribution in [3.8, 4) is 5.75 Å². The number of carboxylic acid groups (broad SMARTS) is 1. The summed E-state index contributed by atoms with van der Waals surface area (Å²) >= 11 is 0. The minimum atomic E-state index is -4.10. The molecule has 3 rings (SSSR count). The van der Waals surface area contributed by atoms with Crippen molar-refractivity contribution < 1.29 is 33.4 Å². The Bertz CT molecular complexity index is 1240. The number of aromatic amines is 1. The maximum atomic E-state index is 12.5. The van der Waals surface area contributed by atoms with Crippen molar-refractivity contribution in [2.45, 2.75) is 18.2 Å². The number of carboxylic acids is 1. The van der Waals surface area contributed by atoms with Crippen LogP contribution in [0.25, 0.3) is 10.9 Å². The number of benzene rings is 2. The van der Waals surface area contributed by atoms with Gasteiger partial charge in [0.2, 0.25) is 0 Å². The van der Waals surface area contributed by atoms with E-state index in [0.29, 0.717) is 11.4 Å². The number of ether oxygens (including phenoxy) is 1. The molecule has 0 saturated heterocycles. The summed E-state index contributed by atoms with van der Waals surface area (Å²) in [4.78, 5) is 15.9. The number of hydrogen-bond acceptors (Lipinski definition) is 7. The number of aryl methyl sites for hydroxylation is 1. The van der Waals surface area contributed by atoms with Crippen LogP contribution in [0.15, 0.2) is 47.4 Å². The molecule has 11 heteroatoms. The van der Waals surface area contributed by atoms with Crippen LogP contribution in [0, 0.1) is 6.92 Å². The maximum absolute atomic E-state index is 12.5. The Morgan fingerprint density at radius 1 is 1.15 bits per heavy atom. The van der Waals surface area contributed by atoms with Gasteiger partial charge in [-0.25, -0.2) is 8.42 Å². The van der Waals surface area contributed by atoms with Crippen LogP contribution in [-0.2, 0) is 21.2 Å². The van der Waals surface area contributed by atoms with E-state index in [0.717, 1.165) is 29.2 Å². The fourth-order valence-electron chi connectivity index (χ4n) is 3.66. The Morgan fingerprint density at radius 2 is 1.88 bits per heavy atom. The van der Waals surface area contributed by atoms with E-state index in [1.807, 2.05) is 6.92 Å². The number of aliphatic hydroxyl groups excluding tert-OH is 1. The quantitative estimate of drug-likeness (QED) is 0.307. The van der Waals surface area contributed by atoms with Crippen LogP contribution in [-0.4, -0.2) is 72.6 Å². The standard InChI is InChI=1S/C22H27N3O7S/c1-15-18(14-22(27)28)17-8-7-16(13-19(17)23-15)32-12-10-25(9-11-26)20-5-3-4-6-21(20)33(30,31)24(2)29/h3-8,13,23,26,29H,9-12,14H2,1-2H3,(H,27,28). The number of hydrogen-bond donors (Lipinski definition) is 4. The molecule has 0 unspecified atom stereocenters. The summed E-state index contributed by atoms with van der Waals surface area (Å²) in [5, 5.41) is 29.0. The lowest BCUT2D eigenvalue weighted by molar-refractivity contribution is -0.136. The lowest BCUT2D eigenvalue weighted by Gasteiger charge is -2.26. The lowest BCUT2D eigenvalue weighted by Crippen LogP contribution is -2.33. The summed E-state index contributed by atoms with van der Waals surface area (Å²) in [6.07, 6.45) is -0.0759. The zero-order valence-corrected chi connectivity index (χ0v) is 19.2. The summed E-state index contributed by atoms with van der Waals surface area (Å²) < 4.78 is 31.0. The molecule has 2 aromatic carbocycles. The zero-order chi connectivity index (χ0) is 24.2. The number of sulfonamides is 1. The van der Waals surface area contributed by atoms with Crippen LogP contribution in [0.2, 0.25) is 0 Å². The Labute approximate surface area is 191 Å². The topological polar surface area (TPSA) is 143 Å². The summed E-state index contributed by atoms with van der Waals surface area (Å²) in [6.45, 7) is 2.24. The summed E-state index contributed by atoms with van der Waals surface area (Å²) in [6, 6.07) is 11.5. The number of fused-ring (bicyclic) bond motifs is 1. The molecule has 0 amide bonds. The van der Waals surface area contributed by atoms with Crippen molar-refractivity contribution in [1.29, 1.82) is 0 Å². The summed E-state index contributed by atoms with van der Waals surface area (Å²) in [5.41, 5.74) is 2.61. The average molecular weight is 478 g/mol. The highest BCUT2D eigenvalue weighted by Gasteiger charge is 2.25. The molecule has 0 aliphatic carbocycles. The number of carbonyl (C=O) groups is 1. The summed E-state index contributed by atoms with van der Waals surface area (Å²) in [7, 11) is -3.07. The van der Waals surface area contributed by atoms with Gasteiger partial charge in [-0.15, -0.1) is 0 Å². The van der Waals surface area contributed by atoms with Gasteiger partial charge in [-0.1, -0.05) is 16.6 Å². The molecule has 0 bridgehead atoms. The SMILES string of the molecule is Cc1[nH]c2cc(OCCN(CCO)c3ccccc3S(=O)(=O)N(C)O)ccc2c1CC(=O)O. The number of aromatic nitrogens is 1. The Balaban J connectivity index is 1.77. The molecule has 3 aromatic rings.